The number of anilines is 1. The van der Waals surface area contributed by atoms with E-state index in [9.17, 15) is 14.4 Å². The molecule has 1 aliphatic heterocycles. The van der Waals surface area contributed by atoms with Crippen LogP contribution in [0.1, 0.15) is 29.4 Å². The maximum atomic E-state index is 12.5. The number of esters is 1. The number of aromatic nitrogens is 1. The minimum absolute atomic E-state index is 0.100. The predicted molar refractivity (Wildman–Crippen MR) is 115 cm³/mol. The number of benzene rings is 1. The van der Waals surface area contributed by atoms with E-state index in [1.54, 1.807) is 6.07 Å². The van der Waals surface area contributed by atoms with Gasteiger partial charge in [0.1, 0.15) is 5.69 Å². The van der Waals surface area contributed by atoms with Gasteiger partial charge in [-0.15, -0.1) is 11.8 Å². The van der Waals surface area contributed by atoms with Crippen LogP contribution >= 0.6 is 11.8 Å². The lowest BCUT2D eigenvalue weighted by atomic mass is 10.0. The minimum atomic E-state index is -0.401. The fraction of sp³-hybridized carbons (Fsp3) is 0.381. The summed E-state index contributed by atoms with van der Waals surface area (Å²) >= 11 is 1.30. The fourth-order valence-corrected chi connectivity index (χ4v) is 4.33. The molecule has 160 valence electrons. The number of hydrogen-bond acceptors (Lipinski definition) is 6. The van der Waals surface area contributed by atoms with Gasteiger partial charge in [-0.2, -0.15) is 0 Å². The average Bonchev–Trinajstić information content (AvgIpc) is 3.23. The highest BCUT2D eigenvalue weighted by Crippen LogP contribution is 2.27. The van der Waals surface area contributed by atoms with Crippen LogP contribution in [0.15, 0.2) is 47.5 Å². The van der Waals surface area contributed by atoms with Gasteiger partial charge in [0, 0.05) is 30.2 Å². The van der Waals surface area contributed by atoms with Gasteiger partial charge in [-0.1, -0.05) is 12.1 Å². The number of hydrogen-bond donors (Lipinski definition) is 2. The highest BCUT2D eigenvalue weighted by molar-refractivity contribution is 8.00. The van der Waals surface area contributed by atoms with E-state index in [1.165, 1.54) is 18.9 Å². The molecule has 1 aliphatic rings. The van der Waals surface area contributed by atoms with Gasteiger partial charge in [0.05, 0.1) is 25.1 Å². The Hall–Kier alpha value is -2.78. The molecule has 3 rings (SSSR count). The molecule has 2 aromatic rings. The molecule has 0 radical (unpaired) electrons. The van der Waals surface area contributed by atoms with Gasteiger partial charge >= 0.3 is 5.97 Å². The molecule has 8 nitrogen and oxygen atoms in total. The molecular weight excluding hydrogens is 404 g/mol. The molecule has 1 aromatic heterocycles. The number of primary amides is 1. The highest BCUT2D eigenvalue weighted by atomic mass is 32.2. The number of carbonyl (C=O) groups excluding carboxylic acids is 3. The zero-order valence-electron chi connectivity index (χ0n) is 16.9. The monoisotopic (exact) mass is 430 g/mol. The molecule has 0 spiro atoms. The van der Waals surface area contributed by atoms with Crippen LogP contribution < -0.4 is 11.1 Å². The van der Waals surface area contributed by atoms with Crippen LogP contribution in [0, 0.1) is 0 Å². The number of carbonyl (C=O) groups is 3. The van der Waals surface area contributed by atoms with Crippen molar-refractivity contribution in [2.75, 3.05) is 37.8 Å². The molecule has 2 amide bonds. The first kappa shape index (κ1) is 21.9. The van der Waals surface area contributed by atoms with E-state index in [2.05, 4.69) is 10.2 Å². The number of nitrogens with zero attached hydrogens (tertiary/aromatic N) is 2. The van der Waals surface area contributed by atoms with Crippen molar-refractivity contribution in [3.05, 3.63) is 48.3 Å². The van der Waals surface area contributed by atoms with Crippen LogP contribution in [0.25, 0.3) is 0 Å². The summed E-state index contributed by atoms with van der Waals surface area (Å²) in [6.07, 6.45) is 3.59. The standard InChI is InChI=1S/C21H26N4O4S/c1-29-21(28)17-6-4-10-25(17)15-8-11-24(12-9-15)13-20(27)23-16-5-2-3-7-18(16)30-14-19(22)26/h2-7,10,15H,8-9,11-14H2,1H3,(H2,22,26)(H,23,27). The molecule has 0 bridgehead atoms. The largest absolute Gasteiger partial charge is 0.464 e. The van der Waals surface area contributed by atoms with Crippen molar-refractivity contribution in [1.29, 1.82) is 0 Å². The Kier molecular flexibility index (Phi) is 7.53. The number of ether oxygens (including phenoxy) is 1. The molecule has 0 saturated carbocycles. The van der Waals surface area contributed by atoms with Crippen LogP contribution in [0.2, 0.25) is 0 Å². The summed E-state index contributed by atoms with van der Waals surface area (Å²) in [5.74, 6) is -0.679. The summed E-state index contributed by atoms with van der Waals surface area (Å²) in [4.78, 5) is 38.4. The molecule has 1 fully saturated rings. The van der Waals surface area contributed by atoms with E-state index in [0.29, 0.717) is 11.4 Å². The number of rotatable bonds is 8. The van der Waals surface area contributed by atoms with Crippen LogP contribution in [0.3, 0.4) is 0 Å². The van der Waals surface area contributed by atoms with E-state index < -0.39 is 5.91 Å². The van der Waals surface area contributed by atoms with E-state index in [-0.39, 0.29) is 30.2 Å². The lowest BCUT2D eigenvalue weighted by Crippen LogP contribution is -2.40. The third-order valence-corrected chi connectivity index (χ3v) is 6.12. The molecule has 0 aliphatic carbocycles. The van der Waals surface area contributed by atoms with E-state index in [0.717, 1.165) is 30.8 Å². The lowest BCUT2D eigenvalue weighted by molar-refractivity contribution is -0.117. The van der Waals surface area contributed by atoms with E-state index in [4.69, 9.17) is 10.5 Å². The third kappa shape index (κ3) is 5.64. The van der Waals surface area contributed by atoms with Crippen molar-refractivity contribution < 1.29 is 19.1 Å². The van der Waals surface area contributed by atoms with Crippen molar-refractivity contribution in [3.63, 3.8) is 0 Å². The first-order valence-electron chi connectivity index (χ1n) is 9.75. The quantitative estimate of drug-likeness (QED) is 0.491. The van der Waals surface area contributed by atoms with Gasteiger partial charge in [0.15, 0.2) is 0 Å². The number of para-hydroxylation sites is 1. The fourth-order valence-electron chi connectivity index (χ4n) is 3.58. The number of likely N-dealkylation sites (tertiary alicyclic amines) is 1. The summed E-state index contributed by atoms with van der Waals surface area (Å²) in [6, 6.07) is 11.2. The Morgan fingerprint density at radius 3 is 2.60 bits per heavy atom. The maximum Gasteiger partial charge on any atom is 0.354 e. The van der Waals surface area contributed by atoms with E-state index in [1.807, 2.05) is 41.1 Å². The predicted octanol–water partition coefficient (Wildman–Crippen LogP) is 2.13. The second-order valence-electron chi connectivity index (χ2n) is 7.10. The summed E-state index contributed by atoms with van der Waals surface area (Å²) in [5, 5.41) is 2.93. The first-order valence-corrected chi connectivity index (χ1v) is 10.7. The topological polar surface area (TPSA) is 107 Å². The van der Waals surface area contributed by atoms with Crippen molar-refractivity contribution in [2.24, 2.45) is 5.73 Å². The summed E-state index contributed by atoms with van der Waals surface area (Å²) in [7, 11) is 1.38. The summed E-state index contributed by atoms with van der Waals surface area (Å²) < 4.78 is 6.81. The van der Waals surface area contributed by atoms with Crippen LogP contribution in [-0.4, -0.2) is 59.7 Å². The second-order valence-corrected chi connectivity index (χ2v) is 8.12. The number of amides is 2. The zero-order valence-corrected chi connectivity index (χ0v) is 17.7. The highest BCUT2D eigenvalue weighted by Gasteiger charge is 2.25. The van der Waals surface area contributed by atoms with E-state index >= 15 is 0 Å². The van der Waals surface area contributed by atoms with Crippen LogP contribution in [-0.2, 0) is 14.3 Å². The molecule has 9 heteroatoms. The number of nitrogens with two attached hydrogens (primary N) is 1. The van der Waals surface area contributed by atoms with Crippen molar-refractivity contribution in [3.8, 4) is 0 Å². The van der Waals surface area contributed by atoms with Gasteiger partial charge in [0.2, 0.25) is 11.8 Å². The molecule has 1 aromatic carbocycles. The van der Waals surface area contributed by atoms with Crippen LogP contribution in [0.5, 0.6) is 0 Å². The molecule has 2 heterocycles. The van der Waals surface area contributed by atoms with Crippen molar-refractivity contribution in [2.45, 2.75) is 23.8 Å². The SMILES string of the molecule is COC(=O)c1cccn1C1CCN(CC(=O)Nc2ccccc2SCC(N)=O)CC1. The number of methoxy groups -OCH3 is 1. The Labute approximate surface area is 179 Å². The molecule has 1 saturated heterocycles. The van der Waals surface area contributed by atoms with Gasteiger partial charge in [-0.05, 0) is 37.1 Å². The lowest BCUT2D eigenvalue weighted by Gasteiger charge is -2.32. The average molecular weight is 431 g/mol. The number of piperidine rings is 1. The van der Waals surface area contributed by atoms with Gasteiger partial charge in [-0.25, -0.2) is 4.79 Å². The summed E-state index contributed by atoms with van der Waals surface area (Å²) in [6.45, 7) is 1.81. The zero-order chi connectivity index (χ0) is 21.5. The molecule has 0 atom stereocenters. The Balaban J connectivity index is 1.52. The Bertz CT molecular complexity index is 906. The Morgan fingerprint density at radius 1 is 1.17 bits per heavy atom. The molecular formula is C21H26N4O4S. The Morgan fingerprint density at radius 2 is 1.90 bits per heavy atom. The molecule has 0 unspecified atom stereocenters. The van der Waals surface area contributed by atoms with Gasteiger partial charge in [0.25, 0.3) is 0 Å². The van der Waals surface area contributed by atoms with Crippen molar-refractivity contribution >= 4 is 35.2 Å². The minimum Gasteiger partial charge on any atom is -0.464 e. The third-order valence-electron chi connectivity index (χ3n) is 5.02. The van der Waals surface area contributed by atoms with Gasteiger partial charge in [-0.3, -0.25) is 14.5 Å². The normalized spacial score (nSPS) is 15.0. The van der Waals surface area contributed by atoms with Crippen LogP contribution in [0.4, 0.5) is 5.69 Å². The maximum absolute atomic E-state index is 12.5. The van der Waals surface area contributed by atoms with Crippen molar-refractivity contribution in [1.82, 2.24) is 9.47 Å². The number of thioether (sulfide) groups is 1. The molecule has 30 heavy (non-hydrogen) atoms. The number of nitrogens with one attached hydrogen (secondary N) is 1. The van der Waals surface area contributed by atoms with Gasteiger partial charge < -0.3 is 20.4 Å². The first-order chi connectivity index (χ1) is 14.5. The second kappa shape index (κ2) is 10.3. The summed E-state index contributed by atoms with van der Waals surface area (Å²) in [5.41, 5.74) is 6.45. The smallest absolute Gasteiger partial charge is 0.354 e. The molecule has 3 N–H and O–H groups in total.